The van der Waals surface area contributed by atoms with E-state index in [4.69, 9.17) is 10.5 Å². The Morgan fingerprint density at radius 2 is 1.91 bits per heavy atom. The highest BCUT2D eigenvalue weighted by Crippen LogP contribution is 2.35. The third-order valence-electron chi connectivity index (χ3n) is 5.64. The third kappa shape index (κ3) is 4.55. The van der Waals surface area contributed by atoms with E-state index in [0.29, 0.717) is 28.1 Å². The number of ether oxygens (including phenoxy) is 1. The molecule has 34 heavy (non-hydrogen) atoms. The van der Waals surface area contributed by atoms with Crippen molar-refractivity contribution >= 4 is 28.3 Å². The first-order valence-corrected chi connectivity index (χ1v) is 10.5. The van der Waals surface area contributed by atoms with Gasteiger partial charge in [0.25, 0.3) is 5.91 Å². The SMILES string of the molecule is COc1cc2c(N[C@H](C)c3cc(N)cc(C(F)(F)F)c3)nc(C)nc2cc1C(=O)N1CC(F)C1. The summed E-state index contributed by atoms with van der Waals surface area (Å²) in [4.78, 5) is 23.0. The normalized spacial score (nSPS) is 15.2. The van der Waals surface area contributed by atoms with Crippen molar-refractivity contribution in [2.45, 2.75) is 32.2 Å². The van der Waals surface area contributed by atoms with Gasteiger partial charge in [-0.05, 0) is 49.7 Å². The molecule has 1 amide bonds. The number of nitrogens with zero attached hydrogens (tertiary/aromatic N) is 3. The number of aromatic nitrogens is 2. The molecule has 0 radical (unpaired) electrons. The van der Waals surface area contributed by atoms with Crippen LogP contribution in [0.4, 0.5) is 29.1 Å². The van der Waals surface area contributed by atoms with Crippen LogP contribution in [0.2, 0.25) is 0 Å². The van der Waals surface area contributed by atoms with Crippen LogP contribution in [0.3, 0.4) is 0 Å². The molecule has 3 aromatic rings. The summed E-state index contributed by atoms with van der Waals surface area (Å²) >= 11 is 0. The Morgan fingerprint density at radius 1 is 1.21 bits per heavy atom. The minimum atomic E-state index is -4.53. The number of methoxy groups -OCH3 is 1. The molecule has 2 heterocycles. The molecule has 11 heteroatoms. The van der Waals surface area contributed by atoms with E-state index in [-0.39, 0.29) is 36.0 Å². The number of anilines is 2. The maximum Gasteiger partial charge on any atom is 0.416 e. The molecular weight excluding hydrogens is 454 g/mol. The van der Waals surface area contributed by atoms with Gasteiger partial charge in [-0.25, -0.2) is 14.4 Å². The summed E-state index contributed by atoms with van der Waals surface area (Å²) in [6.07, 6.45) is -5.57. The topological polar surface area (TPSA) is 93.4 Å². The lowest BCUT2D eigenvalue weighted by molar-refractivity contribution is -0.137. The van der Waals surface area contributed by atoms with Gasteiger partial charge in [-0.2, -0.15) is 13.2 Å². The van der Waals surface area contributed by atoms with Crippen LogP contribution in [0, 0.1) is 6.92 Å². The number of amides is 1. The summed E-state index contributed by atoms with van der Waals surface area (Å²) < 4.78 is 58.3. The second-order valence-electron chi connectivity index (χ2n) is 8.25. The molecule has 0 spiro atoms. The molecule has 0 bridgehead atoms. The number of nitrogens with two attached hydrogens (primary N) is 1. The Morgan fingerprint density at radius 3 is 2.53 bits per heavy atom. The smallest absolute Gasteiger partial charge is 0.416 e. The second-order valence-corrected chi connectivity index (χ2v) is 8.25. The zero-order valence-corrected chi connectivity index (χ0v) is 18.7. The Hall–Kier alpha value is -3.63. The zero-order chi connectivity index (χ0) is 24.8. The number of fused-ring (bicyclic) bond motifs is 1. The monoisotopic (exact) mass is 477 g/mol. The fourth-order valence-electron chi connectivity index (χ4n) is 3.86. The van der Waals surface area contributed by atoms with E-state index in [9.17, 15) is 22.4 Å². The van der Waals surface area contributed by atoms with Gasteiger partial charge in [-0.3, -0.25) is 4.79 Å². The number of hydrogen-bond acceptors (Lipinski definition) is 6. The van der Waals surface area contributed by atoms with E-state index >= 15 is 0 Å². The maximum absolute atomic E-state index is 13.2. The summed E-state index contributed by atoms with van der Waals surface area (Å²) in [7, 11) is 1.40. The average molecular weight is 477 g/mol. The molecule has 1 fully saturated rings. The van der Waals surface area contributed by atoms with Crippen LogP contribution in [0.15, 0.2) is 30.3 Å². The van der Waals surface area contributed by atoms with Crippen molar-refractivity contribution < 1.29 is 27.1 Å². The van der Waals surface area contributed by atoms with Gasteiger partial charge in [-0.15, -0.1) is 0 Å². The van der Waals surface area contributed by atoms with Crippen molar-refractivity contribution in [1.29, 1.82) is 0 Å². The highest BCUT2D eigenvalue weighted by molar-refractivity contribution is 6.03. The fraction of sp³-hybridized carbons (Fsp3) is 0.348. The molecule has 1 aliphatic rings. The van der Waals surface area contributed by atoms with Gasteiger partial charge in [0.1, 0.15) is 23.6 Å². The number of likely N-dealkylation sites (tertiary alicyclic amines) is 1. The number of carbonyl (C=O) groups is 1. The highest BCUT2D eigenvalue weighted by Gasteiger charge is 2.33. The number of benzene rings is 2. The molecule has 7 nitrogen and oxygen atoms in total. The van der Waals surface area contributed by atoms with Crippen molar-refractivity contribution in [1.82, 2.24) is 14.9 Å². The van der Waals surface area contributed by atoms with E-state index in [1.54, 1.807) is 26.0 Å². The van der Waals surface area contributed by atoms with E-state index in [0.717, 1.165) is 12.1 Å². The van der Waals surface area contributed by atoms with Crippen LogP contribution >= 0.6 is 0 Å². The van der Waals surface area contributed by atoms with Gasteiger partial charge in [0.05, 0.1) is 42.9 Å². The second kappa shape index (κ2) is 8.62. The van der Waals surface area contributed by atoms with Crippen LogP contribution in [0.25, 0.3) is 10.9 Å². The predicted octanol–water partition coefficient (Wildman–Crippen LogP) is 4.51. The molecule has 1 aliphatic heterocycles. The molecule has 0 unspecified atom stereocenters. The molecule has 1 atom stereocenters. The number of nitrogens with one attached hydrogen (secondary N) is 1. The van der Waals surface area contributed by atoms with Crippen LogP contribution in [0.5, 0.6) is 5.75 Å². The van der Waals surface area contributed by atoms with E-state index in [1.165, 1.54) is 18.1 Å². The quantitative estimate of drug-likeness (QED) is 0.415. The lowest BCUT2D eigenvalue weighted by Gasteiger charge is -2.34. The number of aryl methyl sites for hydroxylation is 1. The first kappa shape index (κ1) is 23.5. The summed E-state index contributed by atoms with van der Waals surface area (Å²) in [6, 6.07) is 5.93. The molecular formula is C23H23F4N5O2. The van der Waals surface area contributed by atoms with Crippen molar-refractivity contribution in [3.05, 3.63) is 52.8 Å². The molecule has 1 aromatic heterocycles. The van der Waals surface area contributed by atoms with Crippen molar-refractivity contribution in [2.24, 2.45) is 0 Å². The van der Waals surface area contributed by atoms with E-state index in [2.05, 4.69) is 15.3 Å². The van der Waals surface area contributed by atoms with Gasteiger partial charge in [0, 0.05) is 11.1 Å². The van der Waals surface area contributed by atoms with Gasteiger partial charge >= 0.3 is 6.18 Å². The van der Waals surface area contributed by atoms with Crippen molar-refractivity contribution in [2.75, 3.05) is 31.2 Å². The summed E-state index contributed by atoms with van der Waals surface area (Å²) in [5.74, 6) is 0.635. The first-order valence-electron chi connectivity index (χ1n) is 10.5. The lowest BCUT2D eigenvalue weighted by atomic mass is 10.0. The summed E-state index contributed by atoms with van der Waals surface area (Å²) in [5.41, 5.74) is 5.86. The number of rotatable bonds is 5. The van der Waals surface area contributed by atoms with Gasteiger partial charge in [-0.1, -0.05) is 0 Å². The van der Waals surface area contributed by atoms with Crippen LogP contribution in [0.1, 0.15) is 40.3 Å². The van der Waals surface area contributed by atoms with Crippen LogP contribution in [-0.4, -0.2) is 47.1 Å². The van der Waals surface area contributed by atoms with Crippen LogP contribution < -0.4 is 15.8 Å². The number of carbonyl (C=O) groups excluding carboxylic acids is 1. The first-order chi connectivity index (χ1) is 16.0. The maximum atomic E-state index is 13.2. The Bertz CT molecular complexity index is 1260. The third-order valence-corrected chi connectivity index (χ3v) is 5.64. The number of hydrogen-bond donors (Lipinski definition) is 2. The van der Waals surface area contributed by atoms with Gasteiger partial charge in [0.2, 0.25) is 0 Å². The van der Waals surface area contributed by atoms with Gasteiger partial charge in [0.15, 0.2) is 0 Å². The van der Waals surface area contributed by atoms with Crippen molar-refractivity contribution in [3.8, 4) is 5.75 Å². The Balaban J connectivity index is 1.72. The standard InChI is InChI=1S/C23H23F4N5O2/c1-11(13-4-14(23(25,26)27)6-16(28)5-13)29-21-17-8-20(34-3)18(7-19(17)30-12(2)31-21)22(33)32-9-15(24)10-32/h4-8,11,15H,9-10,28H2,1-3H3,(H,29,30,31)/t11-/m1/s1. The summed E-state index contributed by atoms with van der Waals surface area (Å²) in [5, 5.41) is 3.64. The molecule has 4 rings (SSSR count). The number of nitrogen functional groups attached to an aromatic ring is 1. The molecule has 0 saturated carbocycles. The number of alkyl halides is 4. The molecule has 1 saturated heterocycles. The highest BCUT2D eigenvalue weighted by atomic mass is 19.4. The van der Waals surface area contributed by atoms with Crippen LogP contribution in [-0.2, 0) is 6.18 Å². The zero-order valence-electron chi connectivity index (χ0n) is 18.7. The molecule has 2 aromatic carbocycles. The van der Waals surface area contributed by atoms with Crippen molar-refractivity contribution in [3.63, 3.8) is 0 Å². The van der Waals surface area contributed by atoms with E-state index in [1.807, 2.05) is 0 Å². The van der Waals surface area contributed by atoms with Gasteiger partial charge < -0.3 is 20.7 Å². The Labute approximate surface area is 192 Å². The average Bonchev–Trinajstić information content (AvgIpc) is 2.74. The number of halogens is 4. The molecule has 3 N–H and O–H groups in total. The largest absolute Gasteiger partial charge is 0.496 e. The molecule has 180 valence electrons. The van der Waals surface area contributed by atoms with E-state index < -0.39 is 24.0 Å². The lowest BCUT2D eigenvalue weighted by Crippen LogP contribution is -2.51. The fourth-order valence-corrected chi connectivity index (χ4v) is 3.86. The predicted molar refractivity (Wildman–Crippen MR) is 120 cm³/mol. The Kier molecular flexibility index (Phi) is 5.96. The molecule has 0 aliphatic carbocycles. The minimum Gasteiger partial charge on any atom is -0.496 e. The summed E-state index contributed by atoms with van der Waals surface area (Å²) in [6.45, 7) is 3.39. The minimum absolute atomic E-state index is 0.00598.